The third-order valence-electron chi connectivity index (χ3n) is 3.15. The van der Waals surface area contributed by atoms with E-state index in [0.717, 1.165) is 39.1 Å². The number of hydrogen-bond acceptors (Lipinski definition) is 3. The van der Waals surface area contributed by atoms with Crippen LogP contribution in [-0.4, -0.2) is 11.5 Å². The van der Waals surface area contributed by atoms with E-state index in [2.05, 4.69) is 35.8 Å². The maximum atomic E-state index is 6.33. The molecule has 0 radical (unpaired) electrons. The fourth-order valence-corrected chi connectivity index (χ4v) is 3.26. The molecule has 0 fully saturated rings. The summed E-state index contributed by atoms with van der Waals surface area (Å²) in [6, 6.07) is 16.1. The Morgan fingerprint density at radius 1 is 1.14 bits per heavy atom. The molecule has 1 heterocycles. The summed E-state index contributed by atoms with van der Waals surface area (Å²) in [5.41, 5.74) is 4.15. The smallest absolute Gasteiger partial charge is 0.125 e. The van der Waals surface area contributed by atoms with Gasteiger partial charge in [0.2, 0.25) is 0 Å². The molecule has 0 aliphatic carbocycles. The number of thiazole rings is 1. The fraction of sp³-hybridized carbons (Fsp3) is 0.118. The Labute approximate surface area is 133 Å². The topological polar surface area (TPSA) is 24.9 Å². The first-order valence-corrected chi connectivity index (χ1v) is 8.08. The van der Waals surface area contributed by atoms with Gasteiger partial charge in [0.05, 0.1) is 10.7 Å². The molecule has 0 bridgehead atoms. The van der Waals surface area contributed by atoms with E-state index in [1.54, 1.807) is 11.3 Å². The maximum Gasteiger partial charge on any atom is 0.125 e. The third-order valence-corrected chi connectivity index (χ3v) is 4.36. The Hall–Kier alpha value is -1.84. The van der Waals surface area contributed by atoms with Crippen LogP contribution in [0.25, 0.3) is 21.8 Å². The van der Waals surface area contributed by atoms with Gasteiger partial charge >= 0.3 is 0 Å². The summed E-state index contributed by atoms with van der Waals surface area (Å²) in [5, 5.41) is 7.04. The van der Waals surface area contributed by atoms with Crippen LogP contribution in [0.1, 0.15) is 6.92 Å². The predicted molar refractivity (Wildman–Crippen MR) is 92.2 cm³/mol. The highest BCUT2D eigenvalue weighted by molar-refractivity contribution is 7.13. The molecule has 4 heteroatoms. The zero-order chi connectivity index (χ0) is 14.7. The highest BCUT2D eigenvalue weighted by Crippen LogP contribution is 2.34. The van der Waals surface area contributed by atoms with Gasteiger partial charge in [0.15, 0.2) is 0 Å². The molecule has 2 aromatic carbocycles. The van der Waals surface area contributed by atoms with E-state index < -0.39 is 0 Å². The zero-order valence-electron chi connectivity index (χ0n) is 11.6. The Morgan fingerprint density at radius 3 is 2.71 bits per heavy atom. The third kappa shape index (κ3) is 3.09. The number of halogens is 1. The normalized spacial score (nSPS) is 10.6. The molecule has 106 valence electrons. The molecule has 2 nitrogen and oxygen atoms in total. The van der Waals surface area contributed by atoms with Gasteiger partial charge in [-0.3, -0.25) is 0 Å². The summed E-state index contributed by atoms with van der Waals surface area (Å²) in [7, 11) is 0. The van der Waals surface area contributed by atoms with Crippen LogP contribution in [0, 0.1) is 0 Å². The fourth-order valence-electron chi connectivity index (χ4n) is 2.14. The standard InChI is InChI=1S/C17H15ClN2S/c1-2-19-13-8-9-15(18)14(10-13)17-20-16(11-21-17)12-6-4-3-5-7-12/h3-11,19H,2H2,1H3. The zero-order valence-corrected chi connectivity index (χ0v) is 13.2. The number of hydrogen-bond donors (Lipinski definition) is 1. The van der Waals surface area contributed by atoms with Gasteiger partial charge in [0.25, 0.3) is 0 Å². The van der Waals surface area contributed by atoms with Crippen LogP contribution in [0.5, 0.6) is 0 Å². The van der Waals surface area contributed by atoms with Gasteiger partial charge in [-0.05, 0) is 25.1 Å². The van der Waals surface area contributed by atoms with Crippen LogP contribution >= 0.6 is 22.9 Å². The van der Waals surface area contributed by atoms with Gasteiger partial charge in [0, 0.05) is 28.7 Å². The second-order valence-corrected chi connectivity index (χ2v) is 5.89. The summed E-state index contributed by atoms with van der Waals surface area (Å²) >= 11 is 7.94. The number of nitrogens with one attached hydrogen (secondary N) is 1. The van der Waals surface area contributed by atoms with Crippen molar-refractivity contribution in [2.45, 2.75) is 6.92 Å². The van der Waals surface area contributed by atoms with Crippen LogP contribution in [-0.2, 0) is 0 Å². The molecule has 0 aliphatic rings. The Kier molecular flexibility index (Phi) is 4.23. The summed E-state index contributed by atoms with van der Waals surface area (Å²) in [6.45, 7) is 2.96. The highest BCUT2D eigenvalue weighted by atomic mass is 35.5. The molecule has 0 aliphatic heterocycles. The van der Waals surface area contributed by atoms with E-state index >= 15 is 0 Å². The van der Waals surface area contributed by atoms with Crippen molar-refractivity contribution in [2.24, 2.45) is 0 Å². The first-order chi connectivity index (χ1) is 10.3. The summed E-state index contributed by atoms with van der Waals surface area (Å²) in [5.74, 6) is 0. The van der Waals surface area contributed by atoms with Gasteiger partial charge in [-0.1, -0.05) is 41.9 Å². The summed E-state index contributed by atoms with van der Waals surface area (Å²) < 4.78 is 0. The first kappa shape index (κ1) is 14.1. The molecule has 21 heavy (non-hydrogen) atoms. The number of aromatic nitrogens is 1. The second-order valence-electron chi connectivity index (χ2n) is 4.63. The lowest BCUT2D eigenvalue weighted by molar-refractivity contribution is 1.21. The van der Waals surface area contributed by atoms with Crippen molar-refractivity contribution in [1.29, 1.82) is 0 Å². The highest BCUT2D eigenvalue weighted by Gasteiger charge is 2.10. The molecule has 1 aromatic heterocycles. The molecule has 0 spiro atoms. The Balaban J connectivity index is 1.98. The van der Waals surface area contributed by atoms with Crippen molar-refractivity contribution in [3.8, 4) is 21.8 Å². The number of nitrogens with zero attached hydrogens (tertiary/aromatic N) is 1. The van der Waals surface area contributed by atoms with Crippen molar-refractivity contribution in [1.82, 2.24) is 4.98 Å². The molecule has 3 aromatic rings. The Bertz CT molecular complexity index is 738. The molecule has 0 atom stereocenters. The van der Waals surface area contributed by atoms with Crippen molar-refractivity contribution in [2.75, 3.05) is 11.9 Å². The predicted octanol–water partition coefficient (Wildman–Crippen LogP) is 5.56. The molecule has 0 unspecified atom stereocenters. The lowest BCUT2D eigenvalue weighted by Crippen LogP contribution is -1.96. The molecular weight excluding hydrogens is 300 g/mol. The van der Waals surface area contributed by atoms with Crippen LogP contribution in [0.3, 0.4) is 0 Å². The van der Waals surface area contributed by atoms with Crippen LogP contribution in [0.4, 0.5) is 5.69 Å². The molecular formula is C17H15ClN2S. The van der Waals surface area contributed by atoms with E-state index in [9.17, 15) is 0 Å². The SMILES string of the molecule is CCNc1ccc(Cl)c(-c2nc(-c3ccccc3)cs2)c1. The largest absolute Gasteiger partial charge is 0.385 e. The summed E-state index contributed by atoms with van der Waals surface area (Å²) in [6.07, 6.45) is 0. The first-order valence-electron chi connectivity index (χ1n) is 6.82. The molecule has 0 amide bonds. The number of benzene rings is 2. The van der Waals surface area contributed by atoms with Crippen molar-refractivity contribution in [3.63, 3.8) is 0 Å². The van der Waals surface area contributed by atoms with Gasteiger partial charge < -0.3 is 5.32 Å². The van der Waals surface area contributed by atoms with E-state index in [-0.39, 0.29) is 0 Å². The Morgan fingerprint density at radius 2 is 1.95 bits per heavy atom. The quantitative estimate of drug-likeness (QED) is 0.681. The number of rotatable bonds is 4. The average Bonchev–Trinajstić information content (AvgIpc) is 3.00. The lowest BCUT2D eigenvalue weighted by atomic mass is 10.2. The molecule has 0 saturated carbocycles. The molecule has 0 saturated heterocycles. The van der Waals surface area contributed by atoms with Gasteiger partial charge in [0.1, 0.15) is 5.01 Å². The maximum absolute atomic E-state index is 6.33. The monoisotopic (exact) mass is 314 g/mol. The molecule has 3 rings (SSSR count). The van der Waals surface area contributed by atoms with Gasteiger partial charge in [-0.15, -0.1) is 11.3 Å². The van der Waals surface area contributed by atoms with Crippen molar-refractivity contribution >= 4 is 28.6 Å². The minimum Gasteiger partial charge on any atom is -0.385 e. The van der Waals surface area contributed by atoms with Gasteiger partial charge in [-0.25, -0.2) is 4.98 Å². The average molecular weight is 315 g/mol. The van der Waals surface area contributed by atoms with E-state index in [1.165, 1.54) is 0 Å². The minimum atomic E-state index is 0.727. The van der Waals surface area contributed by atoms with E-state index in [4.69, 9.17) is 16.6 Å². The van der Waals surface area contributed by atoms with Crippen molar-refractivity contribution < 1.29 is 0 Å². The van der Waals surface area contributed by atoms with Crippen LogP contribution in [0.2, 0.25) is 5.02 Å². The number of anilines is 1. The summed E-state index contributed by atoms with van der Waals surface area (Å²) in [4.78, 5) is 4.72. The van der Waals surface area contributed by atoms with Crippen LogP contribution < -0.4 is 5.32 Å². The molecule has 1 N–H and O–H groups in total. The van der Waals surface area contributed by atoms with Gasteiger partial charge in [-0.2, -0.15) is 0 Å². The van der Waals surface area contributed by atoms with E-state index in [1.807, 2.05) is 30.3 Å². The van der Waals surface area contributed by atoms with Crippen LogP contribution in [0.15, 0.2) is 53.9 Å². The lowest BCUT2D eigenvalue weighted by Gasteiger charge is -2.06. The minimum absolute atomic E-state index is 0.727. The van der Waals surface area contributed by atoms with E-state index in [0.29, 0.717) is 0 Å². The van der Waals surface area contributed by atoms with Crippen molar-refractivity contribution in [3.05, 3.63) is 58.9 Å². The second kappa shape index (κ2) is 6.29.